The Morgan fingerprint density at radius 2 is 2.18 bits per heavy atom. The van der Waals surface area contributed by atoms with Crippen molar-refractivity contribution in [3.8, 4) is 0 Å². The standard InChI is InChI=1S/C6H7NO3S/c1-7-4-2-3-6(5-7)11(8,9)10/h2-5H,1H3/p+1. The van der Waals surface area contributed by atoms with Gasteiger partial charge >= 0.3 is 0 Å². The van der Waals surface area contributed by atoms with Crippen molar-refractivity contribution in [1.29, 1.82) is 0 Å². The summed E-state index contributed by atoms with van der Waals surface area (Å²) in [6, 6.07) is 2.87. The van der Waals surface area contributed by atoms with Crippen molar-refractivity contribution in [3.05, 3.63) is 24.5 Å². The molecular weight excluding hydrogens is 166 g/mol. The molecule has 0 bridgehead atoms. The summed E-state index contributed by atoms with van der Waals surface area (Å²) in [5.74, 6) is 0. The van der Waals surface area contributed by atoms with Crippen LogP contribution in [0.3, 0.4) is 0 Å². The minimum Gasteiger partial charge on any atom is -0.282 e. The maximum absolute atomic E-state index is 10.5. The molecule has 60 valence electrons. The molecule has 1 heterocycles. The van der Waals surface area contributed by atoms with Gasteiger partial charge in [-0.25, -0.2) is 4.57 Å². The van der Waals surface area contributed by atoms with E-state index in [-0.39, 0.29) is 4.90 Å². The number of pyridine rings is 1. The van der Waals surface area contributed by atoms with E-state index in [1.54, 1.807) is 23.9 Å². The normalized spacial score (nSPS) is 11.5. The van der Waals surface area contributed by atoms with Crippen molar-refractivity contribution in [1.82, 2.24) is 0 Å². The lowest BCUT2D eigenvalue weighted by Crippen LogP contribution is -2.27. The first-order valence-electron chi connectivity index (χ1n) is 2.93. The maximum atomic E-state index is 10.5. The van der Waals surface area contributed by atoms with E-state index in [1.807, 2.05) is 0 Å². The molecule has 1 aromatic rings. The molecule has 0 radical (unpaired) electrons. The van der Waals surface area contributed by atoms with E-state index < -0.39 is 10.1 Å². The van der Waals surface area contributed by atoms with Gasteiger partial charge in [0.25, 0.3) is 10.1 Å². The first kappa shape index (κ1) is 8.16. The molecule has 0 unspecified atom stereocenters. The molecule has 11 heavy (non-hydrogen) atoms. The third-order valence-electron chi connectivity index (χ3n) is 1.21. The van der Waals surface area contributed by atoms with Gasteiger partial charge in [0.1, 0.15) is 7.05 Å². The summed E-state index contributed by atoms with van der Waals surface area (Å²) < 4.78 is 31.2. The predicted molar refractivity (Wildman–Crippen MR) is 37.4 cm³/mol. The van der Waals surface area contributed by atoms with Gasteiger partial charge in [-0.2, -0.15) is 8.42 Å². The lowest BCUT2D eigenvalue weighted by Gasteiger charge is -1.92. The fourth-order valence-electron chi connectivity index (χ4n) is 0.713. The van der Waals surface area contributed by atoms with Crippen LogP contribution in [0, 0.1) is 0 Å². The van der Waals surface area contributed by atoms with E-state index in [0.717, 1.165) is 0 Å². The second kappa shape index (κ2) is 2.60. The van der Waals surface area contributed by atoms with E-state index in [9.17, 15) is 8.42 Å². The molecular formula is C6H8NO3S+. The van der Waals surface area contributed by atoms with Gasteiger partial charge in [-0.1, -0.05) is 0 Å². The summed E-state index contributed by atoms with van der Waals surface area (Å²) in [5, 5.41) is 0. The molecule has 0 aliphatic heterocycles. The molecule has 1 rings (SSSR count). The van der Waals surface area contributed by atoms with Crippen LogP contribution in [0.5, 0.6) is 0 Å². The fraction of sp³-hybridized carbons (Fsp3) is 0.167. The Balaban J connectivity index is 3.28. The molecule has 4 nitrogen and oxygen atoms in total. The summed E-state index contributed by atoms with van der Waals surface area (Å²) in [7, 11) is -2.37. The number of aryl methyl sites for hydroxylation is 1. The second-order valence-corrected chi connectivity index (χ2v) is 3.60. The monoisotopic (exact) mass is 174 g/mol. The van der Waals surface area contributed by atoms with Gasteiger partial charge in [-0.3, -0.25) is 4.55 Å². The average Bonchev–Trinajstić information content (AvgIpc) is 1.86. The third kappa shape index (κ3) is 1.99. The lowest BCUT2D eigenvalue weighted by atomic mass is 10.5. The van der Waals surface area contributed by atoms with Crippen LogP contribution < -0.4 is 4.57 Å². The number of rotatable bonds is 1. The zero-order valence-electron chi connectivity index (χ0n) is 5.93. The highest BCUT2D eigenvalue weighted by molar-refractivity contribution is 7.85. The van der Waals surface area contributed by atoms with Crippen LogP contribution in [0.2, 0.25) is 0 Å². The quantitative estimate of drug-likeness (QED) is 0.472. The van der Waals surface area contributed by atoms with Crippen LogP contribution in [-0.2, 0) is 17.2 Å². The van der Waals surface area contributed by atoms with Crippen molar-refractivity contribution in [2.24, 2.45) is 7.05 Å². The van der Waals surface area contributed by atoms with Crippen LogP contribution >= 0.6 is 0 Å². The Bertz CT molecular complexity index is 358. The number of nitrogens with zero attached hydrogens (tertiary/aromatic N) is 1. The summed E-state index contributed by atoms with van der Waals surface area (Å²) in [4.78, 5) is -0.0949. The highest BCUT2D eigenvalue weighted by atomic mass is 32.2. The number of aromatic nitrogens is 1. The van der Waals surface area contributed by atoms with Crippen LogP contribution in [-0.4, -0.2) is 13.0 Å². The topological polar surface area (TPSA) is 58.2 Å². The molecule has 0 aliphatic rings. The van der Waals surface area contributed by atoms with Gasteiger partial charge < -0.3 is 0 Å². The first-order chi connectivity index (χ1) is 5.00. The van der Waals surface area contributed by atoms with Crippen molar-refractivity contribution in [3.63, 3.8) is 0 Å². The number of hydrogen-bond acceptors (Lipinski definition) is 2. The van der Waals surface area contributed by atoms with E-state index in [2.05, 4.69) is 0 Å². The van der Waals surface area contributed by atoms with Gasteiger partial charge in [0.15, 0.2) is 17.3 Å². The van der Waals surface area contributed by atoms with Crippen LogP contribution in [0.15, 0.2) is 29.4 Å². The van der Waals surface area contributed by atoms with Gasteiger partial charge in [0.2, 0.25) is 0 Å². The molecule has 1 aromatic heterocycles. The summed E-state index contributed by atoms with van der Waals surface area (Å²) in [5.41, 5.74) is 0. The Labute approximate surface area is 64.9 Å². The number of hydrogen-bond donors (Lipinski definition) is 1. The van der Waals surface area contributed by atoms with E-state index >= 15 is 0 Å². The molecule has 0 amide bonds. The molecule has 0 saturated heterocycles. The third-order valence-corrected chi connectivity index (χ3v) is 2.05. The molecule has 0 aromatic carbocycles. The van der Waals surface area contributed by atoms with Crippen LogP contribution in [0.25, 0.3) is 0 Å². The minimum atomic E-state index is -4.05. The van der Waals surface area contributed by atoms with Crippen LogP contribution in [0.1, 0.15) is 0 Å². The Kier molecular flexibility index (Phi) is 1.92. The van der Waals surface area contributed by atoms with Crippen molar-refractivity contribution in [2.75, 3.05) is 0 Å². The van der Waals surface area contributed by atoms with E-state index in [0.29, 0.717) is 0 Å². The molecule has 0 fully saturated rings. The zero-order valence-corrected chi connectivity index (χ0v) is 6.75. The highest BCUT2D eigenvalue weighted by Crippen LogP contribution is 2.02. The maximum Gasteiger partial charge on any atom is 0.300 e. The minimum absolute atomic E-state index is 0.0949. The van der Waals surface area contributed by atoms with Crippen LogP contribution in [0.4, 0.5) is 0 Å². The Morgan fingerprint density at radius 3 is 2.55 bits per heavy atom. The van der Waals surface area contributed by atoms with E-state index in [1.165, 1.54) is 12.3 Å². The predicted octanol–water partition coefficient (Wildman–Crippen LogP) is -0.242. The lowest BCUT2D eigenvalue weighted by molar-refractivity contribution is -0.673. The van der Waals surface area contributed by atoms with Gasteiger partial charge in [0, 0.05) is 6.07 Å². The summed E-state index contributed by atoms with van der Waals surface area (Å²) >= 11 is 0. The molecule has 0 saturated carbocycles. The molecule has 5 heteroatoms. The van der Waals surface area contributed by atoms with Crippen molar-refractivity contribution < 1.29 is 17.5 Å². The summed E-state index contributed by atoms with van der Waals surface area (Å²) in [6.45, 7) is 0. The van der Waals surface area contributed by atoms with Gasteiger partial charge in [0.05, 0.1) is 0 Å². The van der Waals surface area contributed by atoms with Gasteiger partial charge in [-0.05, 0) is 6.07 Å². The average molecular weight is 174 g/mol. The highest BCUT2D eigenvalue weighted by Gasteiger charge is 2.11. The molecule has 0 atom stereocenters. The smallest absolute Gasteiger partial charge is 0.282 e. The SMILES string of the molecule is C[n+]1cccc(S(=O)(=O)O)c1. The Morgan fingerprint density at radius 1 is 1.55 bits per heavy atom. The first-order valence-corrected chi connectivity index (χ1v) is 4.37. The Hall–Kier alpha value is -0.940. The zero-order chi connectivity index (χ0) is 8.48. The molecule has 1 N–H and O–H groups in total. The molecule has 0 aliphatic carbocycles. The second-order valence-electron chi connectivity index (χ2n) is 2.18. The van der Waals surface area contributed by atoms with Crippen molar-refractivity contribution in [2.45, 2.75) is 4.90 Å². The van der Waals surface area contributed by atoms with E-state index in [4.69, 9.17) is 4.55 Å². The van der Waals surface area contributed by atoms with Crippen molar-refractivity contribution >= 4 is 10.1 Å². The largest absolute Gasteiger partial charge is 0.300 e. The summed E-state index contributed by atoms with van der Waals surface area (Å²) in [6.07, 6.45) is 3.00. The fourth-order valence-corrected chi connectivity index (χ4v) is 1.26. The van der Waals surface area contributed by atoms with Gasteiger partial charge in [-0.15, -0.1) is 0 Å². The molecule has 0 spiro atoms.